The molecule has 0 unspecified atom stereocenters. The van der Waals surface area contributed by atoms with Crippen LogP contribution in [0.5, 0.6) is 0 Å². The molecule has 0 bridgehead atoms. The lowest BCUT2D eigenvalue weighted by molar-refractivity contribution is 0.933. The molecule has 0 radical (unpaired) electrons. The van der Waals surface area contributed by atoms with Crippen molar-refractivity contribution in [2.75, 3.05) is 5.32 Å². The number of fused-ring (bicyclic) bond motifs is 3. The molecule has 0 aliphatic carbocycles. The minimum atomic E-state index is 0.0587. The number of anilines is 2. The Morgan fingerprint density at radius 1 is 1.20 bits per heavy atom. The molecule has 0 amide bonds. The third-order valence-electron chi connectivity index (χ3n) is 4.10. The maximum Gasteiger partial charge on any atom is 0.143 e. The van der Waals surface area contributed by atoms with Crippen LogP contribution < -0.4 is 5.32 Å². The van der Waals surface area contributed by atoms with Gasteiger partial charge in [0.05, 0.1) is 28.1 Å². The van der Waals surface area contributed by atoms with Crippen molar-refractivity contribution in [2.45, 2.75) is 4.90 Å². The summed E-state index contributed by atoms with van der Waals surface area (Å²) in [6.45, 7) is 0. The summed E-state index contributed by atoms with van der Waals surface area (Å²) in [4.78, 5) is 9.13. The Hall–Kier alpha value is -3.11. The van der Waals surface area contributed by atoms with Gasteiger partial charge in [-0.3, -0.25) is 4.98 Å². The molecule has 0 aliphatic rings. The van der Waals surface area contributed by atoms with Crippen LogP contribution in [0.4, 0.5) is 15.4 Å². The van der Waals surface area contributed by atoms with Crippen LogP contribution in [0.1, 0.15) is 5.56 Å². The molecule has 0 aliphatic heterocycles. The number of nitriles is 1. The van der Waals surface area contributed by atoms with Crippen molar-refractivity contribution in [1.29, 1.82) is 5.26 Å². The summed E-state index contributed by atoms with van der Waals surface area (Å²) >= 11 is 0.0587. The van der Waals surface area contributed by atoms with Gasteiger partial charge < -0.3 is 9.88 Å². The highest BCUT2D eigenvalue weighted by Gasteiger charge is 2.11. The molecular formula is C18H12FN5S. The number of hydrogen-bond donors (Lipinski definition) is 1. The third kappa shape index (κ3) is 2.57. The van der Waals surface area contributed by atoms with Crippen LogP contribution in [0.15, 0.2) is 53.7 Å². The number of hydrogen-bond acceptors (Lipinski definition) is 5. The average Bonchev–Trinajstić information content (AvgIpc) is 2.94. The third-order valence-corrected chi connectivity index (χ3v) is 4.60. The fraction of sp³-hybridized carbons (Fsp3) is 0.0556. The lowest BCUT2D eigenvalue weighted by atomic mass is 10.2. The van der Waals surface area contributed by atoms with Gasteiger partial charge in [-0.2, -0.15) is 9.15 Å². The van der Waals surface area contributed by atoms with Gasteiger partial charge in [-0.25, -0.2) is 4.98 Å². The first-order valence-electron chi connectivity index (χ1n) is 7.50. The second kappa shape index (κ2) is 6.07. The van der Waals surface area contributed by atoms with Gasteiger partial charge in [-0.05, 0) is 36.4 Å². The molecule has 0 saturated heterocycles. The van der Waals surface area contributed by atoms with Crippen molar-refractivity contribution >= 4 is 45.6 Å². The van der Waals surface area contributed by atoms with Crippen molar-refractivity contribution in [3.63, 3.8) is 0 Å². The van der Waals surface area contributed by atoms with Crippen LogP contribution in [-0.4, -0.2) is 14.5 Å². The summed E-state index contributed by atoms with van der Waals surface area (Å²) in [6, 6.07) is 12.7. The highest BCUT2D eigenvalue weighted by atomic mass is 32.2. The number of aromatic nitrogens is 3. The zero-order valence-corrected chi connectivity index (χ0v) is 14.0. The predicted molar refractivity (Wildman–Crippen MR) is 97.4 cm³/mol. The highest BCUT2D eigenvalue weighted by molar-refractivity contribution is 7.94. The van der Waals surface area contributed by atoms with E-state index in [2.05, 4.69) is 15.3 Å². The Labute approximate surface area is 147 Å². The number of aryl methyl sites for hydroxylation is 1. The second-order valence-corrected chi connectivity index (χ2v) is 6.14. The first-order chi connectivity index (χ1) is 12.2. The normalized spacial score (nSPS) is 10.9. The molecule has 4 aromatic rings. The maximum atomic E-state index is 13.0. The van der Waals surface area contributed by atoms with Crippen molar-refractivity contribution in [1.82, 2.24) is 14.5 Å². The zero-order chi connectivity index (χ0) is 17.4. The molecule has 7 heteroatoms. The van der Waals surface area contributed by atoms with E-state index < -0.39 is 0 Å². The van der Waals surface area contributed by atoms with Crippen LogP contribution in [0.2, 0.25) is 0 Å². The molecule has 0 fully saturated rings. The van der Waals surface area contributed by atoms with Gasteiger partial charge in [0.1, 0.15) is 17.5 Å². The van der Waals surface area contributed by atoms with Crippen molar-refractivity contribution < 1.29 is 3.89 Å². The fourth-order valence-electron chi connectivity index (χ4n) is 2.89. The molecule has 0 atom stereocenters. The van der Waals surface area contributed by atoms with Crippen LogP contribution in [0, 0.1) is 11.3 Å². The molecule has 25 heavy (non-hydrogen) atoms. The molecule has 1 aromatic carbocycles. The Morgan fingerprint density at radius 2 is 2.08 bits per heavy atom. The molecule has 3 heterocycles. The van der Waals surface area contributed by atoms with Gasteiger partial charge in [0, 0.05) is 35.9 Å². The number of halogens is 1. The second-order valence-electron chi connectivity index (χ2n) is 5.54. The summed E-state index contributed by atoms with van der Waals surface area (Å²) in [5.74, 6) is 0.644. The minimum Gasteiger partial charge on any atom is -0.340 e. The molecule has 3 aromatic heterocycles. The largest absolute Gasteiger partial charge is 0.340 e. The molecular weight excluding hydrogens is 337 g/mol. The number of nitrogens with zero attached hydrogens (tertiary/aromatic N) is 4. The number of rotatable bonds is 3. The van der Waals surface area contributed by atoms with Crippen LogP contribution in [0.3, 0.4) is 0 Å². The topological polar surface area (TPSA) is 66.5 Å². The smallest absolute Gasteiger partial charge is 0.143 e. The summed E-state index contributed by atoms with van der Waals surface area (Å²) in [5.41, 5.74) is 2.87. The van der Waals surface area contributed by atoms with E-state index in [-0.39, 0.29) is 17.0 Å². The molecule has 4 rings (SSSR count). The quantitative estimate of drug-likeness (QED) is 0.580. The standard InChI is InChI=1S/C18H12FN5S/c1-24-15-6-7-21-10-14(15)13-4-5-17(23-18(13)24)22-12-3-2-11(9-20)16(8-12)25-19/h2-8,10H,1H3,(H,22,23). The van der Waals surface area contributed by atoms with Crippen LogP contribution >= 0.6 is 12.1 Å². The monoisotopic (exact) mass is 349 g/mol. The van der Waals surface area contributed by atoms with Gasteiger partial charge in [-0.1, -0.05) is 0 Å². The van der Waals surface area contributed by atoms with Gasteiger partial charge in [0.2, 0.25) is 0 Å². The summed E-state index contributed by atoms with van der Waals surface area (Å²) in [7, 11) is 1.96. The van der Waals surface area contributed by atoms with E-state index in [1.54, 1.807) is 24.4 Å². The molecule has 0 saturated carbocycles. The van der Waals surface area contributed by atoms with E-state index in [0.717, 1.165) is 21.9 Å². The number of benzene rings is 1. The van der Waals surface area contributed by atoms with E-state index in [9.17, 15) is 3.89 Å². The fourth-order valence-corrected chi connectivity index (χ4v) is 3.26. The first kappa shape index (κ1) is 15.4. The highest BCUT2D eigenvalue weighted by Crippen LogP contribution is 2.30. The Kier molecular flexibility index (Phi) is 3.75. The van der Waals surface area contributed by atoms with Crippen LogP contribution in [-0.2, 0) is 7.05 Å². The molecule has 122 valence electrons. The summed E-state index contributed by atoms with van der Waals surface area (Å²) < 4.78 is 15.0. The van der Waals surface area contributed by atoms with Crippen molar-refractivity contribution in [3.05, 3.63) is 54.4 Å². The summed E-state index contributed by atoms with van der Waals surface area (Å²) in [5, 5.41) is 14.2. The van der Waals surface area contributed by atoms with Gasteiger partial charge in [-0.15, -0.1) is 0 Å². The zero-order valence-electron chi connectivity index (χ0n) is 13.2. The molecule has 1 N–H and O–H groups in total. The van der Waals surface area contributed by atoms with Gasteiger partial charge in [0.15, 0.2) is 0 Å². The van der Waals surface area contributed by atoms with Crippen LogP contribution in [0.25, 0.3) is 21.9 Å². The van der Waals surface area contributed by atoms with Gasteiger partial charge in [0.25, 0.3) is 0 Å². The average molecular weight is 349 g/mol. The van der Waals surface area contributed by atoms with E-state index in [1.165, 1.54) is 0 Å². The van der Waals surface area contributed by atoms with E-state index in [0.29, 0.717) is 17.1 Å². The molecule has 5 nitrogen and oxygen atoms in total. The Bertz CT molecular complexity index is 1150. The first-order valence-corrected chi connectivity index (χ1v) is 8.22. The SMILES string of the molecule is Cn1c2ccncc2c2ccc(Nc3ccc(C#N)c(SF)c3)nc21. The minimum absolute atomic E-state index is 0.0587. The van der Waals surface area contributed by atoms with E-state index >= 15 is 0 Å². The van der Waals surface area contributed by atoms with E-state index in [1.807, 2.05) is 42.1 Å². The number of nitrogens with one attached hydrogen (secondary N) is 1. The van der Waals surface area contributed by atoms with Gasteiger partial charge >= 0.3 is 0 Å². The number of pyridine rings is 2. The van der Waals surface area contributed by atoms with Crippen molar-refractivity contribution in [3.8, 4) is 6.07 Å². The Morgan fingerprint density at radius 3 is 2.88 bits per heavy atom. The lowest BCUT2D eigenvalue weighted by Crippen LogP contribution is -1.96. The summed E-state index contributed by atoms with van der Waals surface area (Å²) in [6.07, 6.45) is 3.59. The molecule has 0 spiro atoms. The van der Waals surface area contributed by atoms with E-state index in [4.69, 9.17) is 5.26 Å². The Balaban J connectivity index is 1.77. The maximum absolute atomic E-state index is 13.0. The van der Waals surface area contributed by atoms with Crippen molar-refractivity contribution in [2.24, 2.45) is 7.05 Å². The lowest BCUT2D eigenvalue weighted by Gasteiger charge is -2.08. The predicted octanol–water partition coefficient (Wildman–Crippen LogP) is 4.71.